The molecule has 23 heavy (non-hydrogen) atoms. The number of thioether (sulfide) groups is 2. The third-order valence-corrected chi connectivity index (χ3v) is 6.98. The van der Waals surface area contributed by atoms with Gasteiger partial charge in [0.2, 0.25) is 5.78 Å². The topological polar surface area (TPSA) is 32.9 Å². The largest absolute Gasteiger partial charge is 0.358 e. The van der Waals surface area contributed by atoms with Crippen molar-refractivity contribution in [2.45, 2.75) is 20.8 Å². The smallest absolute Gasteiger partial charge is 0.209 e. The Bertz CT molecular complexity index is 845. The van der Waals surface area contributed by atoms with E-state index in [9.17, 15) is 4.79 Å². The second kappa shape index (κ2) is 5.62. The third-order valence-electron chi connectivity index (χ3n) is 3.95. The Morgan fingerprint density at radius 3 is 2.22 bits per heavy atom. The Morgan fingerprint density at radius 1 is 0.957 bits per heavy atom. The summed E-state index contributed by atoms with van der Waals surface area (Å²) >= 11 is 3.69. The molecule has 0 bridgehead atoms. The van der Waals surface area contributed by atoms with E-state index in [4.69, 9.17) is 0 Å². The van der Waals surface area contributed by atoms with Gasteiger partial charge in [-0.25, -0.2) is 0 Å². The SMILES string of the molecule is CC1(c2c[nH]c(C(=O)c3ccccc3)c2)Sc2ccccc2S1. The van der Waals surface area contributed by atoms with Gasteiger partial charge in [0.15, 0.2) is 0 Å². The fourth-order valence-corrected chi connectivity index (χ4v) is 5.61. The van der Waals surface area contributed by atoms with E-state index in [1.54, 1.807) is 0 Å². The van der Waals surface area contributed by atoms with Crippen LogP contribution in [0.5, 0.6) is 0 Å². The highest BCUT2D eigenvalue weighted by Gasteiger charge is 2.37. The average Bonchev–Trinajstić information content (AvgIpc) is 3.19. The molecule has 0 spiro atoms. The maximum atomic E-state index is 12.6. The van der Waals surface area contributed by atoms with Gasteiger partial charge in [0.05, 0.1) is 9.77 Å². The molecule has 1 N–H and O–H groups in total. The van der Waals surface area contributed by atoms with Crippen LogP contribution in [0.15, 0.2) is 76.7 Å². The number of rotatable bonds is 3. The number of nitrogens with one attached hydrogen (secondary N) is 1. The lowest BCUT2D eigenvalue weighted by atomic mass is 10.1. The molecule has 1 aliphatic heterocycles. The molecule has 0 fully saturated rings. The highest BCUT2D eigenvalue weighted by molar-refractivity contribution is 8.20. The highest BCUT2D eigenvalue weighted by Crippen LogP contribution is 2.60. The molecular weight excluding hydrogens is 322 g/mol. The lowest BCUT2D eigenvalue weighted by molar-refractivity contribution is 0.103. The molecule has 0 amide bonds. The second-order valence-corrected chi connectivity index (χ2v) is 8.77. The van der Waals surface area contributed by atoms with Crippen LogP contribution in [-0.4, -0.2) is 10.8 Å². The molecule has 114 valence electrons. The van der Waals surface area contributed by atoms with Crippen LogP contribution in [0.25, 0.3) is 0 Å². The van der Waals surface area contributed by atoms with Crippen molar-refractivity contribution in [3.8, 4) is 0 Å². The van der Waals surface area contributed by atoms with E-state index < -0.39 is 0 Å². The minimum Gasteiger partial charge on any atom is -0.358 e. The van der Waals surface area contributed by atoms with E-state index in [0.717, 1.165) is 5.56 Å². The predicted octanol–water partition coefficient (Wildman–Crippen LogP) is 5.32. The quantitative estimate of drug-likeness (QED) is 0.657. The van der Waals surface area contributed by atoms with Gasteiger partial charge < -0.3 is 4.98 Å². The molecule has 2 aromatic carbocycles. The Kier molecular flexibility index (Phi) is 3.58. The van der Waals surface area contributed by atoms with Gasteiger partial charge in [-0.05, 0) is 30.7 Å². The van der Waals surface area contributed by atoms with Crippen LogP contribution < -0.4 is 0 Å². The van der Waals surface area contributed by atoms with E-state index in [1.165, 1.54) is 9.79 Å². The van der Waals surface area contributed by atoms with Crippen molar-refractivity contribution >= 4 is 29.3 Å². The van der Waals surface area contributed by atoms with Crippen molar-refractivity contribution in [1.82, 2.24) is 4.98 Å². The van der Waals surface area contributed by atoms with Crippen LogP contribution in [-0.2, 0) is 4.08 Å². The summed E-state index contributed by atoms with van der Waals surface area (Å²) in [5.74, 6) is 0.0333. The first kappa shape index (κ1) is 14.7. The summed E-state index contributed by atoms with van der Waals surface area (Å²) in [5.41, 5.74) is 2.49. The van der Waals surface area contributed by atoms with Crippen LogP contribution in [0.1, 0.15) is 28.5 Å². The number of carbonyl (C=O) groups is 1. The van der Waals surface area contributed by atoms with Gasteiger partial charge in [0.1, 0.15) is 0 Å². The lowest BCUT2D eigenvalue weighted by Crippen LogP contribution is -2.07. The fourth-order valence-electron chi connectivity index (χ4n) is 2.71. The summed E-state index contributed by atoms with van der Waals surface area (Å²) < 4.78 is -0.102. The van der Waals surface area contributed by atoms with Gasteiger partial charge in [-0.2, -0.15) is 0 Å². The predicted molar refractivity (Wildman–Crippen MR) is 96.2 cm³/mol. The summed E-state index contributed by atoms with van der Waals surface area (Å²) in [6, 6.07) is 19.8. The summed E-state index contributed by atoms with van der Waals surface area (Å²) in [5, 5.41) is 0. The standard InChI is InChI=1S/C19H15NOS2/c1-19(22-16-9-5-6-10-17(16)23-19)14-11-15(20-12-14)18(21)13-7-3-2-4-8-13/h2-12,20H,1H3. The Hall–Kier alpha value is -1.91. The van der Waals surface area contributed by atoms with E-state index in [1.807, 2.05) is 66.1 Å². The van der Waals surface area contributed by atoms with Crippen LogP contribution >= 0.6 is 23.5 Å². The van der Waals surface area contributed by atoms with Crippen LogP contribution in [0.3, 0.4) is 0 Å². The molecule has 4 rings (SSSR count). The number of hydrogen-bond donors (Lipinski definition) is 1. The first-order chi connectivity index (χ1) is 11.2. The van der Waals surface area contributed by atoms with E-state index in [-0.39, 0.29) is 9.86 Å². The van der Waals surface area contributed by atoms with Crippen molar-refractivity contribution in [1.29, 1.82) is 0 Å². The number of hydrogen-bond acceptors (Lipinski definition) is 3. The summed E-state index contributed by atoms with van der Waals surface area (Å²) in [7, 11) is 0. The summed E-state index contributed by atoms with van der Waals surface area (Å²) in [6.45, 7) is 2.21. The molecule has 4 heteroatoms. The number of aromatic amines is 1. The van der Waals surface area contributed by atoms with Crippen molar-refractivity contribution < 1.29 is 4.79 Å². The summed E-state index contributed by atoms with van der Waals surface area (Å²) in [4.78, 5) is 18.3. The lowest BCUT2D eigenvalue weighted by Gasteiger charge is -2.20. The van der Waals surface area contributed by atoms with Gasteiger partial charge in [-0.1, -0.05) is 42.5 Å². The normalized spacial score (nSPS) is 15.3. The minimum atomic E-state index is -0.102. The highest BCUT2D eigenvalue weighted by atomic mass is 32.2. The zero-order chi connectivity index (χ0) is 15.9. The van der Waals surface area contributed by atoms with Crippen LogP contribution in [0.2, 0.25) is 0 Å². The van der Waals surface area contributed by atoms with Gasteiger partial charge >= 0.3 is 0 Å². The Labute approximate surface area is 143 Å². The van der Waals surface area contributed by atoms with Gasteiger partial charge in [0, 0.05) is 21.6 Å². The van der Waals surface area contributed by atoms with E-state index in [0.29, 0.717) is 11.3 Å². The third kappa shape index (κ3) is 2.62. The molecule has 1 aliphatic rings. The van der Waals surface area contributed by atoms with Crippen LogP contribution in [0.4, 0.5) is 0 Å². The molecule has 0 radical (unpaired) electrons. The molecule has 0 saturated carbocycles. The van der Waals surface area contributed by atoms with Crippen molar-refractivity contribution in [2.75, 3.05) is 0 Å². The number of carbonyl (C=O) groups excluding carboxylic acids is 1. The monoisotopic (exact) mass is 337 g/mol. The molecular formula is C19H15NOS2. The second-order valence-electron chi connectivity index (χ2n) is 5.59. The first-order valence-electron chi connectivity index (χ1n) is 7.41. The molecule has 1 aromatic heterocycles. The Balaban J connectivity index is 1.63. The summed E-state index contributed by atoms with van der Waals surface area (Å²) in [6.07, 6.45) is 1.96. The van der Waals surface area contributed by atoms with Crippen molar-refractivity contribution in [3.63, 3.8) is 0 Å². The van der Waals surface area contributed by atoms with Gasteiger partial charge in [0.25, 0.3) is 0 Å². The molecule has 2 nitrogen and oxygen atoms in total. The minimum absolute atomic E-state index is 0.0333. The Morgan fingerprint density at radius 2 is 1.57 bits per heavy atom. The molecule has 0 unspecified atom stereocenters. The maximum absolute atomic E-state index is 12.6. The zero-order valence-corrected chi connectivity index (χ0v) is 14.2. The van der Waals surface area contributed by atoms with Crippen LogP contribution in [0, 0.1) is 0 Å². The van der Waals surface area contributed by atoms with E-state index >= 15 is 0 Å². The fraction of sp³-hybridized carbons (Fsp3) is 0.105. The van der Waals surface area contributed by atoms with Gasteiger partial charge in [-0.15, -0.1) is 23.5 Å². The first-order valence-corrected chi connectivity index (χ1v) is 9.05. The average molecular weight is 337 g/mol. The van der Waals surface area contributed by atoms with Gasteiger partial charge in [-0.3, -0.25) is 4.79 Å². The number of benzene rings is 2. The number of ketones is 1. The van der Waals surface area contributed by atoms with Crippen molar-refractivity contribution in [2.24, 2.45) is 0 Å². The number of fused-ring (bicyclic) bond motifs is 1. The maximum Gasteiger partial charge on any atom is 0.209 e. The molecule has 2 heterocycles. The molecule has 0 aliphatic carbocycles. The number of aromatic nitrogens is 1. The molecule has 0 saturated heterocycles. The number of H-pyrrole nitrogens is 1. The molecule has 3 aromatic rings. The zero-order valence-electron chi connectivity index (χ0n) is 12.6. The van der Waals surface area contributed by atoms with Crippen molar-refractivity contribution in [3.05, 3.63) is 83.7 Å². The molecule has 0 atom stereocenters. The van der Waals surface area contributed by atoms with E-state index in [2.05, 4.69) is 36.2 Å².